The highest BCUT2D eigenvalue weighted by Gasteiger charge is 2.19. The van der Waals surface area contributed by atoms with E-state index >= 15 is 0 Å². The van der Waals surface area contributed by atoms with Crippen molar-refractivity contribution in [2.45, 2.75) is 0 Å². The molecule has 0 bridgehead atoms. The fourth-order valence-corrected chi connectivity index (χ4v) is 2.32. The molecule has 3 N–H and O–H groups in total. The van der Waals surface area contributed by atoms with E-state index in [1.54, 1.807) is 37.4 Å². The Kier molecular flexibility index (Phi) is 3.80. The quantitative estimate of drug-likeness (QED) is 0.772. The number of rotatable bonds is 4. The monoisotopic (exact) mass is 312 g/mol. The number of para-hydroxylation sites is 1. The SMILES string of the molecule is COc1ccc(OC)c(NC(=O)c2oc3ccccc3c2N)c1. The second kappa shape index (κ2) is 5.92. The minimum atomic E-state index is -0.453. The van der Waals surface area contributed by atoms with E-state index in [1.165, 1.54) is 7.11 Å². The van der Waals surface area contributed by atoms with Crippen LogP contribution in [0.25, 0.3) is 11.0 Å². The van der Waals surface area contributed by atoms with Crippen LogP contribution in [0.5, 0.6) is 11.5 Å². The molecule has 0 unspecified atom stereocenters. The molecule has 0 saturated carbocycles. The first-order valence-electron chi connectivity index (χ1n) is 6.94. The number of nitrogens with two attached hydrogens (primary N) is 1. The Hall–Kier alpha value is -3.15. The minimum Gasteiger partial charge on any atom is -0.497 e. The van der Waals surface area contributed by atoms with Crippen molar-refractivity contribution in [2.24, 2.45) is 0 Å². The molecule has 23 heavy (non-hydrogen) atoms. The molecule has 118 valence electrons. The molecule has 0 aliphatic carbocycles. The third-order valence-electron chi connectivity index (χ3n) is 3.49. The van der Waals surface area contributed by atoms with Crippen molar-refractivity contribution < 1.29 is 18.7 Å². The summed E-state index contributed by atoms with van der Waals surface area (Å²) in [5.41, 5.74) is 7.35. The van der Waals surface area contributed by atoms with Crippen LogP contribution in [0.2, 0.25) is 0 Å². The number of hydrogen-bond acceptors (Lipinski definition) is 5. The first-order valence-corrected chi connectivity index (χ1v) is 6.94. The Bertz CT molecular complexity index is 870. The number of fused-ring (bicyclic) bond motifs is 1. The van der Waals surface area contributed by atoms with Gasteiger partial charge in [0.25, 0.3) is 5.91 Å². The Morgan fingerprint density at radius 2 is 1.91 bits per heavy atom. The first kappa shape index (κ1) is 14.8. The highest BCUT2D eigenvalue weighted by atomic mass is 16.5. The van der Waals surface area contributed by atoms with E-state index in [4.69, 9.17) is 19.6 Å². The van der Waals surface area contributed by atoms with Crippen LogP contribution in [-0.2, 0) is 0 Å². The number of methoxy groups -OCH3 is 2. The van der Waals surface area contributed by atoms with E-state index in [9.17, 15) is 4.79 Å². The summed E-state index contributed by atoms with van der Waals surface area (Å²) in [6.45, 7) is 0. The molecule has 0 radical (unpaired) electrons. The fourth-order valence-electron chi connectivity index (χ4n) is 2.32. The van der Waals surface area contributed by atoms with Crippen LogP contribution in [0.4, 0.5) is 11.4 Å². The molecular weight excluding hydrogens is 296 g/mol. The molecule has 0 spiro atoms. The van der Waals surface area contributed by atoms with Gasteiger partial charge in [-0.15, -0.1) is 0 Å². The number of carbonyl (C=O) groups is 1. The summed E-state index contributed by atoms with van der Waals surface area (Å²) in [5.74, 6) is 0.717. The van der Waals surface area contributed by atoms with Crippen molar-refractivity contribution in [3.8, 4) is 11.5 Å². The Morgan fingerprint density at radius 3 is 2.61 bits per heavy atom. The van der Waals surface area contributed by atoms with E-state index in [2.05, 4.69) is 5.32 Å². The van der Waals surface area contributed by atoms with E-state index in [1.807, 2.05) is 12.1 Å². The van der Waals surface area contributed by atoms with Gasteiger partial charge >= 0.3 is 0 Å². The molecular formula is C17H16N2O4. The summed E-state index contributed by atoms with van der Waals surface area (Å²) in [6.07, 6.45) is 0. The maximum Gasteiger partial charge on any atom is 0.293 e. The topological polar surface area (TPSA) is 86.7 Å². The Balaban J connectivity index is 1.96. The zero-order chi connectivity index (χ0) is 16.4. The van der Waals surface area contributed by atoms with Gasteiger partial charge in [-0.3, -0.25) is 4.79 Å². The maximum atomic E-state index is 12.5. The molecule has 3 rings (SSSR count). The molecule has 6 nitrogen and oxygen atoms in total. The number of anilines is 2. The average Bonchev–Trinajstić information content (AvgIpc) is 2.92. The highest BCUT2D eigenvalue weighted by molar-refractivity contribution is 6.11. The normalized spacial score (nSPS) is 10.5. The Labute approximate surface area is 132 Å². The Morgan fingerprint density at radius 1 is 1.13 bits per heavy atom. The summed E-state index contributed by atoms with van der Waals surface area (Å²) < 4.78 is 16.0. The van der Waals surface area contributed by atoms with Crippen LogP contribution in [0.3, 0.4) is 0 Å². The maximum absolute atomic E-state index is 12.5. The van der Waals surface area contributed by atoms with Crippen molar-refractivity contribution in [3.63, 3.8) is 0 Å². The number of furan rings is 1. The van der Waals surface area contributed by atoms with Crippen molar-refractivity contribution in [1.29, 1.82) is 0 Å². The fraction of sp³-hybridized carbons (Fsp3) is 0.118. The van der Waals surface area contributed by atoms with Crippen molar-refractivity contribution in [2.75, 3.05) is 25.3 Å². The van der Waals surface area contributed by atoms with Gasteiger partial charge in [0, 0.05) is 11.5 Å². The summed E-state index contributed by atoms with van der Waals surface area (Å²) in [4.78, 5) is 12.5. The number of benzene rings is 2. The summed E-state index contributed by atoms with van der Waals surface area (Å²) >= 11 is 0. The van der Waals surface area contributed by atoms with Crippen molar-refractivity contribution in [1.82, 2.24) is 0 Å². The summed E-state index contributed by atoms with van der Waals surface area (Å²) in [6, 6.07) is 12.3. The second-order valence-corrected chi connectivity index (χ2v) is 4.86. The van der Waals surface area contributed by atoms with E-state index in [0.29, 0.717) is 33.8 Å². The van der Waals surface area contributed by atoms with Crippen molar-refractivity contribution >= 4 is 28.3 Å². The summed E-state index contributed by atoms with van der Waals surface area (Å²) in [7, 11) is 3.07. The van der Waals surface area contributed by atoms with Gasteiger partial charge in [-0.05, 0) is 24.3 Å². The first-order chi connectivity index (χ1) is 11.1. The predicted molar refractivity (Wildman–Crippen MR) is 88.1 cm³/mol. The van der Waals surface area contributed by atoms with Gasteiger partial charge in [0.15, 0.2) is 0 Å². The van der Waals surface area contributed by atoms with E-state index in [-0.39, 0.29) is 5.76 Å². The highest BCUT2D eigenvalue weighted by Crippen LogP contribution is 2.32. The molecule has 0 aliphatic heterocycles. The molecule has 0 saturated heterocycles. The zero-order valence-corrected chi connectivity index (χ0v) is 12.8. The van der Waals surface area contributed by atoms with Crippen LogP contribution in [0.15, 0.2) is 46.9 Å². The second-order valence-electron chi connectivity index (χ2n) is 4.86. The van der Waals surface area contributed by atoms with E-state index in [0.717, 1.165) is 0 Å². The van der Waals surface area contributed by atoms with Crippen LogP contribution in [0.1, 0.15) is 10.6 Å². The lowest BCUT2D eigenvalue weighted by Crippen LogP contribution is -2.13. The molecule has 2 aromatic carbocycles. The third kappa shape index (κ3) is 2.66. The number of nitrogens with one attached hydrogen (secondary N) is 1. The molecule has 3 aromatic rings. The molecule has 0 atom stereocenters. The lowest BCUT2D eigenvalue weighted by Gasteiger charge is -2.11. The molecule has 6 heteroatoms. The number of nitrogen functional groups attached to an aromatic ring is 1. The lowest BCUT2D eigenvalue weighted by atomic mass is 10.2. The van der Waals surface area contributed by atoms with Gasteiger partial charge in [0.2, 0.25) is 5.76 Å². The molecule has 0 fully saturated rings. The number of ether oxygens (including phenoxy) is 2. The third-order valence-corrected chi connectivity index (χ3v) is 3.49. The van der Waals surface area contributed by atoms with Gasteiger partial charge in [0.1, 0.15) is 17.1 Å². The number of hydrogen-bond donors (Lipinski definition) is 2. The average molecular weight is 312 g/mol. The van der Waals surface area contributed by atoms with Gasteiger partial charge in [-0.25, -0.2) is 0 Å². The molecule has 1 amide bonds. The molecule has 1 aromatic heterocycles. The van der Waals surface area contributed by atoms with Gasteiger partial charge in [-0.2, -0.15) is 0 Å². The molecule has 0 aliphatic rings. The number of amides is 1. The lowest BCUT2D eigenvalue weighted by molar-refractivity contribution is 0.0999. The van der Waals surface area contributed by atoms with Gasteiger partial charge < -0.3 is 24.9 Å². The summed E-state index contributed by atoms with van der Waals surface area (Å²) in [5, 5.41) is 3.44. The van der Waals surface area contributed by atoms with Crippen molar-refractivity contribution in [3.05, 3.63) is 48.2 Å². The van der Waals surface area contributed by atoms with Gasteiger partial charge in [0.05, 0.1) is 25.6 Å². The van der Waals surface area contributed by atoms with Crippen LogP contribution >= 0.6 is 0 Å². The standard InChI is InChI=1S/C17H16N2O4/c1-21-10-7-8-14(22-2)12(9-10)19-17(20)16-15(18)11-5-3-4-6-13(11)23-16/h3-9H,18H2,1-2H3,(H,19,20). The minimum absolute atomic E-state index is 0.0658. The predicted octanol–water partition coefficient (Wildman–Crippen LogP) is 3.28. The van der Waals surface area contributed by atoms with Crippen LogP contribution < -0.4 is 20.5 Å². The van der Waals surface area contributed by atoms with Crippen LogP contribution in [-0.4, -0.2) is 20.1 Å². The number of carbonyl (C=O) groups excluding carboxylic acids is 1. The zero-order valence-electron chi connectivity index (χ0n) is 12.8. The van der Waals surface area contributed by atoms with E-state index < -0.39 is 5.91 Å². The van der Waals surface area contributed by atoms with Crippen LogP contribution in [0, 0.1) is 0 Å². The van der Waals surface area contributed by atoms with Gasteiger partial charge in [-0.1, -0.05) is 12.1 Å². The smallest absolute Gasteiger partial charge is 0.293 e. The molecule has 1 heterocycles. The largest absolute Gasteiger partial charge is 0.497 e.